The number of phenols is 1. The third-order valence-corrected chi connectivity index (χ3v) is 9.36. The Kier molecular flexibility index (Phi) is 5.44. The average Bonchev–Trinajstić information content (AvgIpc) is 3.73. The molecule has 9 nitrogen and oxygen atoms in total. The number of anilines is 1. The lowest BCUT2D eigenvalue weighted by molar-refractivity contribution is 0.108. The van der Waals surface area contributed by atoms with Gasteiger partial charge in [-0.3, -0.25) is 4.90 Å². The van der Waals surface area contributed by atoms with E-state index in [1.165, 1.54) is 12.8 Å². The Balaban J connectivity index is 1.24. The molecule has 204 valence electrons. The number of nitrogens with zero attached hydrogens (tertiary/aromatic N) is 5. The van der Waals surface area contributed by atoms with E-state index in [1.807, 2.05) is 18.2 Å². The van der Waals surface area contributed by atoms with Gasteiger partial charge in [0.15, 0.2) is 5.82 Å². The molecule has 2 atom stereocenters. The van der Waals surface area contributed by atoms with E-state index in [4.69, 9.17) is 30.5 Å². The molecule has 8 rings (SSSR count). The first-order valence-electron chi connectivity index (χ1n) is 14.4. The Hall–Kier alpha value is -3.87. The van der Waals surface area contributed by atoms with E-state index in [1.54, 1.807) is 12.1 Å². The fourth-order valence-electron chi connectivity index (χ4n) is 7.52. The fourth-order valence-corrected chi connectivity index (χ4v) is 7.52. The van der Waals surface area contributed by atoms with Crippen LogP contribution in [0.25, 0.3) is 33.5 Å². The number of aromatic hydroxyl groups is 1. The van der Waals surface area contributed by atoms with Crippen molar-refractivity contribution in [2.45, 2.75) is 56.1 Å². The number of hydrogen-bond donors (Lipinski definition) is 2. The van der Waals surface area contributed by atoms with Gasteiger partial charge in [0, 0.05) is 41.7 Å². The van der Waals surface area contributed by atoms with E-state index in [-0.39, 0.29) is 11.3 Å². The minimum atomic E-state index is 0.0910. The Bertz CT molecular complexity index is 1650. The molecule has 2 unspecified atom stereocenters. The first-order chi connectivity index (χ1) is 19.6. The molecule has 2 N–H and O–H groups in total. The summed E-state index contributed by atoms with van der Waals surface area (Å²) in [6, 6.07) is 10.2. The summed E-state index contributed by atoms with van der Waals surface area (Å²) < 4.78 is 12.8. The van der Waals surface area contributed by atoms with Crippen molar-refractivity contribution in [3.63, 3.8) is 0 Å². The molecule has 4 aliphatic heterocycles. The van der Waals surface area contributed by atoms with Crippen LogP contribution < -0.4 is 15.0 Å². The van der Waals surface area contributed by atoms with E-state index in [0.29, 0.717) is 58.8 Å². The molecule has 0 radical (unpaired) electrons. The molecule has 6 heterocycles. The van der Waals surface area contributed by atoms with Crippen LogP contribution >= 0.6 is 0 Å². The monoisotopic (exact) mass is 536 g/mol. The normalized spacial score (nSPS) is 23.6. The Morgan fingerprint density at radius 1 is 1.10 bits per heavy atom. The van der Waals surface area contributed by atoms with Gasteiger partial charge in [0.1, 0.15) is 12.4 Å². The van der Waals surface area contributed by atoms with Crippen LogP contribution in [0.1, 0.15) is 44.1 Å². The molecule has 0 spiro atoms. The maximum Gasteiger partial charge on any atom is 0.320 e. The van der Waals surface area contributed by atoms with Crippen LogP contribution in [0.15, 0.2) is 34.7 Å². The number of fused-ring (bicyclic) bond motifs is 5. The van der Waals surface area contributed by atoms with Gasteiger partial charge in [0.25, 0.3) is 0 Å². The minimum Gasteiger partial charge on any atom is -0.508 e. The van der Waals surface area contributed by atoms with Crippen LogP contribution in [0.2, 0.25) is 0 Å². The van der Waals surface area contributed by atoms with Gasteiger partial charge in [-0.2, -0.15) is 15.0 Å². The zero-order valence-electron chi connectivity index (χ0n) is 22.4. The maximum absolute atomic E-state index is 10.5. The number of rotatable bonds is 5. The predicted molar refractivity (Wildman–Crippen MR) is 153 cm³/mol. The highest BCUT2D eigenvalue weighted by molar-refractivity contribution is 6.01. The van der Waals surface area contributed by atoms with Gasteiger partial charge in [-0.25, -0.2) is 0 Å². The van der Waals surface area contributed by atoms with Gasteiger partial charge in [0.05, 0.1) is 5.54 Å². The van der Waals surface area contributed by atoms with Crippen LogP contribution in [0.3, 0.4) is 0 Å². The first-order valence-corrected chi connectivity index (χ1v) is 14.4. The highest BCUT2D eigenvalue weighted by Gasteiger charge is 2.45. The van der Waals surface area contributed by atoms with E-state index < -0.39 is 0 Å². The second kappa shape index (κ2) is 9.08. The number of ether oxygens (including phenoxy) is 1. The van der Waals surface area contributed by atoms with E-state index in [0.717, 1.165) is 62.6 Å². The van der Waals surface area contributed by atoms with Crippen molar-refractivity contribution in [1.29, 1.82) is 0 Å². The zero-order chi connectivity index (χ0) is 26.8. The SMILES string of the molecule is C#Cc1cccc2cc(O)cc(-c3nc4nc(OCC56CCCN5CCC6)nc(N5CC6CCC(C5)N6)c4o3)c12. The molecule has 2 bridgehead atoms. The Labute approximate surface area is 232 Å². The molecule has 4 saturated heterocycles. The Morgan fingerprint density at radius 3 is 2.67 bits per heavy atom. The van der Waals surface area contributed by atoms with E-state index in [2.05, 4.69) is 21.0 Å². The molecule has 0 aliphatic carbocycles. The van der Waals surface area contributed by atoms with Crippen LogP contribution in [0.4, 0.5) is 5.82 Å². The number of phenolic OH excluding ortho intramolecular Hbond substituents is 1. The molecule has 0 saturated carbocycles. The summed E-state index contributed by atoms with van der Waals surface area (Å²) in [6.07, 6.45) is 12.9. The van der Waals surface area contributed by atoms with Crippen LogP contribution in [0.5, 0.6) is 11.8 Å². The molecule has 9 heteroatoms. The van der Waals surface area contributed by atoms with Gasteiger partial charge >= 0.3 is 6.01 Å². The topological polar surface area (TPSA) is 99.8 Å². The summed E-state index contributed by atoms with van der Waals surface area (Å²) in [4.78, 5) is 19.4. The second-order valence-electron chi connectivity index (χ2n) is 11.8. The largest absolute Gasteiger partial charge is 0.508 e. The highest BCUT2D eigenvalue weighted by Crippen LogP contribution is 2.41. The summed E-state index contributed by atoms with van der Waals surface area (Å²) in [5.74, 6) is 3.94. The summed E-state index contributed by atoms with van der Waals surface area (Å²) >= 11 is 0. The molecule has 40 heavy (non-hydrogen) atoms. The summed E-state index contributed by atoms with van der Waals surface area (Å²) in [5, 5.41) is 15.9. The van der Waals surface area contributed by atoms with Gasteiger partial charge in [-0.15, -0.1) is 6.42 Å². The zero-order valence-corrected chi connectivity index (χ0v) is 22.4. The fraction of sp³-hybridized carbons (Fsp3) is 0.452. The molecule has 2 aromatic heterocycles. The Morgan fingerprint density at radius 2 is 1.90 bits per heavy atom. The third kappa shape index (κ3) is 3.81. The van der Waals surface area contributed by atoms with Crippen LogP contribution in [0, 0.1) is 12.3 Å². The molecule has 4 fully saturated rings. The van der Waals surface area contributed by atoms with Crippen LogP contribution in [-0.2, 0) is 0 Å². The number of benzene rings is 2. The smallest absolute Gasteiger partial charge is 0.320 e. The van der Waals surface area contributed by atoms with Crippen molar-refractivity contribution in [3.05, 3.63) is 35.9 Å². The van der Waals surface area contributed by atoms with Gasteiger partial charge in [-0.1, -0.05) is 18.1 Å². The van der Waals surface area contributed by atoms with Gasteiger partial charge < -0.3 is 24.5 Å². The summed E-state index contributed by atoms with van der Waals surface area (Å²) in [5.41, 5.74) is 2.40. The van der Waals surface area contributed by atoms with Crippen LogP contribution in [-0.4, -0.2) is 75.4 Å². The summed E-state index contributed by atoms with van der Waals surface area (Å²) in [6.45, 7) is 4.54. The second-order valence-corrected chi connectivity index (χ2v) is 11.8. The molecular weight excluding hydrogens is 504 g/mol. The number of hydrogen-bond acceptors (Lipinski definition) is 9. The quantitative estimate of drug-likeness (QED) is 0.366. The minimum absolute atomic E-state index is 0.0910. The lowest BCUT2D eigenvalue weighted by Gasteiger charge is -2.34. The first kappa shape index (κ1) is 24.0. The summed E-state index contributed by atoms with van der Waals surface area (Å²) in [7, 11) is 0. The van der Waals surface area contributed by atoms with Crippen molar-refractivity contribution in [3.8, 4) is 35.6 Å². The van der Waals surface area contributed by atoms with E-state index >= 15 is 0 Å². The molecule has 2 aromatic carbocycles. The number of piperazine rings is 1. The molecule has 4 aromatic rings. The van der Waals surface area contributed by atoms with Crippen molar-refractivity contribution in [2.24, 2.45) is 0 Å². The maximum atomic E-state index is 10.5. The third-order valence-electron chi connectivity index (χ3n) is 9.36. The van der Waals surface area contributed by atoms with Gasteiger partial charge in [0.2, 0.25) is 17.1 Å². The average molecular weight is 537 g/mol. The lowest BCUT2D eigenvalue weighted by atomic mass is 9.95. The van der Waals surface area contributed by atoms with Gasteiger partial charge in [-0.05, 0) is 75.2 Å². The van der Waals surface area contributed by atoms with Crippen molar-refractivity contribution in [2.75, 3.05) is 37.7 Å². The molecule has 0 amide bonds. The lowest BCUT2D eigenvalue weighted by Crippen LogP contribution is -2.51. The number of terminal acetylenes is 1. The molecular formula is C31H32N6O3. The van der Waals surface area contributed by atoms with Crippen molar-refractivity contribution < 1.29 is 14.3 Å². The number of nitrogens with one attached hydrogen (secondary N) is 1. The van der Waals surface area contributed by atoms with Crippen molar-refractivity contribution in [1.82, 2.24) is 25.2 Å². The highest BCUT2D eigenvalue weighted by atomic mass is 16.5. The van der Waals surface area contributed by atoms with E-state index in [9.17, 15) is 5.11 Å². The number of aromatic nitrogens is 3. The number of oxazole rings is 1. The standard InChI is InChI=1S/C31H32N6O3/c1-2-19-6-3-7-20-14-23(38)15-24(25(19)20)29-33-27-26(40-29)28(36-16-21-8-9-22(17-36)32-21)35-30(34-27)39-18-31-10-4-12-37(31)13-5-11-31/h1,3,6-7,14-15,21-22,32,38H,4-5,8-13,16-18H2. The van der Waals surface area contributed by atoms with Crippen molar-refractivity contribution >= 4 is 27.8 Å². The predicted octanol–water partition coefficient (Wildman–Crippen LogP) is 4.07. The molecule has 4 aliphatic rings.